The van der Waals surface area contributed by atoms with Gasteiger partial charge in [0.25, 0.3) is 0 Å². The normalized spacial score (nSPS) is 19.6. The first-order valence-electron chi connectivity index (χ1n) is 17.4. The van der Waals surface area contributed by atoms with Gasteiger partial charge in [-0.1, -0.05) is 91.0 Å². The van der Waals surface area contributed by atoms with Gasteiger partial charge in [0, 0.05) is 0 Å². The van der Waals surface area contributed by atoms with Crippen LogP contribution in [0.2, 0.25) is 0 Å². The molecule has 1 aliphatic heterocycles. The highest BCUT2D eigenvalue weighted by atomic mass is 19.4. The number of aromatic amines is 1. The number of aromatic nitrogens is 3. The number of alkyl halides is 6. The van der Waals surface area contributed by atoms with Gasteiger partial charge < -0.3 is 14.2 Å². The lowest BCUT2D eigenvalue weighted by molar-refractivity contribution is -0.143. The number of hydrogen-bond donors (Lipinski definition) is 1. The second-order valence-corrected chi connectivity index (χ2v) is 13.6. The minimum absolute atomic E-state index is 0.0453. The standard InChI is InChI=1S/C40H38F6N4O5/c1-28(31-19-33(39(41,42)43)21-34(20-31)40(44,45)46)55-26-38(32-15-9-4-10-16-32)18-17-37(50-27-47-48-35(50)51,25-53-22-29-11-5-2-6-12-29)24-49(38)36(52)54-23-30-13-7-3-8-14-30/h2-16,19-21,27-28H,17-18,22-26H2,1H3,(H,48,51)/t28-,37-,38-/m1/s1. The summed E-state index contributed by atoms with van der Waals surface area (Å²) in [4.78, 5) is 29.1. The van der Waals surface area contributed by atoms with E-state index < -0.39 is 52.4 Å². The number of halogens is 6. The largest absolute Gasteiger partial charge is 0.445 e. The van der Waals surface area contributed by atoms with Gasteiger partial charge in [-0.3, -0.25) is 9.47 Å². The Balaban J connectivity index is 1.40. The highest BCUT2D eigenvalue weighted by molar-refractivity contribution is 5.70. The smallest absolute Gasteiger partial charge is 0.416 e. The number of ether oxygens (including phenoxy) is 3. The van der Waals surface area contributed by atoms with E-state index in [1.165, 1.54) is 22.7 Å². The summed E-state index contributed by atoms with van der Waals surface area (Å²) in [6.45, 7) is 0.833. The van der Waals surface area contributed by atoms with Crippen molar-refractivity contribution >= 4 is 6.09 Å². The third kappa shape index (κ3) is 8.94. The molecule has 1 fully saturated rings. The molecule has 6 rings (SSSR count). The van der Waals surface area contributed by atoms with Crippen LogP contribution in [0, 0.1) is 0 Å². The number of H-pyrrole nitrogens is 1. The molecule has 0 unspecified atom stereocenters. The molecule has 5 aromatic rings. The van der Waals surface area contributed by atoms with Crippen molar-refractivity contribution in [3.63, 3.8) is 0 Å². The maximum absolute atomic E-state index is 14.5. The summed E-state index contributed by atoms with van der Waals surface area (Å²) in [7, 11) is 0. The lowest BCUT2D eigenvalue weighted by Crippen LogP contribution is -2.64. The molecule has 1 amide bonds. The number of hydrogen-bond acceptors (Lipinski definition) is 6. The van der Waals surface area contributed by atoms with Crippen LogP contribution in [0.3, 0.4) is 0 Å². The van der Waals surface area contributed by atoms with Gasteiger partial charge in [0.15, 0.2) is 0 Å². The number of piperidine rings is 1. The number of benzene rings is 4. The summed E-state index contributed by atoms with van der Waals surface area (Å²) in [6, 6.07) is 28.3. The first kappa shape index (κ1) is 39.3. The third-order valence-electron chi connectivity index (χ3n) is 9.91. The molecule has 2 heterocycles. The van der Waals surface area contributed by atoms with E-state index in [0.717, 1.165) is 5.56 Å². The molecule has 1 saturated heterocycles. The number of nitrogens with zero attached hydrogens (tertiary/aromatic N) is 3. The first-order chi connectivity index (χ1) is 26.2. The highest BCUT2D eigenvalue weighted by Crippen LogP contribution is 2.46. The summed E-state index contributed by atoms with van der Waals surface area (Å²) < 4.78 is 102. The van der Waals surface area contributed by atoms with Crippen molar-refractivity contribution < 1.29 is 45.3 Å². The Hall–Kier alpha value is -5.41. The van der Waals surface area contributed by atoms with Crippen LogP contribution in [0.15, 0.2) is 120 Å². The average molecular weight is 769 g/mol. The van der Waals surface area contributed by atoms with Crippen molar-refractivity contribution in [3.05, 3.63) is 159 Å². The van der Waals surface area contributed by atoms with E-state index in [4.69, 9.17) is 14.2 Å². The maximum atomic E-state index is 14.5. The van der Waals surface area contributed by atoms with Gasteiger partial charge in [-0.2, -0.15) is 31.4 Å². The van der Waals surface area contributed by atoms with Crippen molar-refractivity contribution in [3.8, 4) is 0 Å². The maximum Gasteiger partial charge on any atom is 0.416 e. The minimum Gasteiger partial charge on any atom is -0.445 e. The van der Waals surface area contributed by atoms with E-state index in [2.05, 4.69) is 10.2 Å². The molecule has 55 heavy (non-hydrogen) atoms. The summed E-state index contributed by atoms with van der Waals surface area (Å²) in [5.41, 5.74) is -4.30. The second kappa shape index (κ2) is 16.1. The quantitative estimate of drug-likeness (QED) is 0.128. The molecule has 4 aromatic carbocycles. The molecule has 0 saturated carbocycles. The molecule has 9 nitrogen and oxygen atoms in total. The molecular formula is C40H38F6N4O5. The van der Waals surface area contributed by atoms with Crippen LogP contribution in [0.25, 0.3) is 0 Å². The predicted octanol–water partition coefficient (Wildman–Crippen LogP) is 8.63. The lowest BCUT2D eigenvalue weighted by Gasteiger charge is -2.53. The van der Waals surface area contributed by atoms with E-state index >= 15 is 0 Å². The van der Waals surface area contributed by atoms with E-state index in [1.54, 1.807) is 54.6 Å². The molecule has 0 aliphatic carbocycles. The zero-order valence-electron chi connectivity index (χ0n) is 29.6. The molecule has 290 valence electrons. The van der Waals surface area contributed by atoms with Crippen LogP contribution in [-0.2, 0) is 50.9 Å². The van der Waals surface area contributed by atoms with Gasteiger partial charge in [-0.15, -0.1) is 0 Å². The molecule has 0 bridgehead atoms. The zero-order chi connectivity index (χ0) is 39.3. The molecule has 15 heteroatoms. The van der Waals surface area contributed by atoms with Crippen LogP contribution in [-0.4, -0.2) is 45.5 Å². The van der Waals surface area contributed by atoms with Crippen molar-refractivity contribution in [1.82, 2.24) is 19.7 Å². The van der Waals surface area contributed by atoms with Gasteiger partial charge in [-0.25, -0.2) is 14.7 Å². The Morgan fingerprint density at radius 2 is 1.36 bits per heavy atom. The Bertz CT molecular complexity index is 2060. The topological polar surface area (TPSA) is 98.7 Å². The molecule has 3 atom stereocenters. The zero-order valence-corrected chi connectivity index (χ0v) is 29.6. The van der Waals surface area contributed by atoms with Gasteiger partial charge in [0.2, 0.25) is 0 Å². The van der Waals surface area contributed by atoms with Crippen LogP contribution in [0.5, 0.6) is 0 Å². The molecule has 1 aliphatic rings. The number of carbonyl (C=O) groups is 1. The Kier molecular flexibility index (Phi) is 11.5. The van der Waals surface area contributed by atoms with Crippen molar-refractivity contribution in [2.45, 2.75) is 62.5 Å². The number of rotatable bonds is 12. The van der Waals surface area contributed by atoms with Crippen LogP contribution in [0.4, 0.5) is 31.1 Å². The molecule has 1 N–H and O–H groups in total. The molecular weight excluding hydrogens is 730 g/mol. The van der Waals surface area contributed by atoms with Crippen LogP contribution >= 0.6 is 0 Å². The molecule has 1 aromatic heterocycles. The average Bonchev–Trinajstić information content (AvgIpc) is 3.63. The van der Waals surface area contributed by atoms with Crippen LogP contribution < -0.4 is 5.69 Å². The van der Waals surface area contributed by atoms with Crippen molar-refractivity contribution in [2.24, 2.45) is 0 Å². The number of carbonyl (C=O) groups excluding carboxylic acids is 1. The fourth-order valence-corrected chi connectivity index (χ4v) is 6.89. The van der Waals surface area contributed by atoms with Gasteiger partial charge >= 0.3 is 24.1 Å². The number of amides is 1. The van der Waals surface area contributed by atoms with E-state index in [1.807, 2.05) is 36.4 Å². The summed E-state index contributed by atoms with van der Waals surface area (Å²) >= 11 is 0. The van der Waals surface area contributed by atoms with Gasteiger partial charge in [0.1, 0.15) is 12.9 Å². The Morgan fingerprint density at radius 3 is 1.91 bits per heavy atom. The Morgan fingerprint density at radius 1 is 0.800 bits per heavy atom. The van der Waals surface area contributed by atoms with Gasteiger partial charge in [0.05, 0.1) is 54.7 Å². The number of nitrogens with one attached hydrogen (secondary N) is 1. The Labute approximate surface area is 312 Å². The predicted molar refractivity (Wildman–Crippen MR) is 188 cm³/mol. The van der Waals surface area contributed by atoms with E-state index in [9.17, 15) is 35.9 Å². The monoisotopic (exact) mass is 768 g/mol. The lowest BCUT2D eigenvalue weighted by atomic mass is 9.74. The van der Waals surface area contributed by atoms with E-state index in [0.29, 0.717) is 23.3 Å². The number of likely N-dealkylation sites (tertiary alicyclic amines) is 1. The van der Waals surface area contributed by atoms with Crippen LogP contribution in [0.1, 0.15) is 59.3 Å². The molecule has 0 spiro atoms. The fraction of sp³-hybridized carbons (Fsp3) is 0.325. The summed E-state index contributed by atoms with van der Waals surface area (Å²) in [5.74, 6) is 0. The second-order valence-electron chi connectivity index (χ2n) is 13.6. The summed E-state index contributed by atoms with van der Waals surface area (Å²) in [6.07, 6.45) is -10.6. The fourth-order valence-electron chi connectivity index (χ4n) is 6.89. The SMILES string of the molecule is C[C@@H](OC[C@@]1(c2ccccc2)CC[C@@](COCc2ccccc2)(n2cn[nH]c2=O)CN1C(=O)OCc1ccccc1)c1cc(C(F)(F)F)cc(C(F)(F)F)c1. The first-order valence-corrected chi connectivity index (χ1v) is 17.4. The summed E-state index contributed by atoms with van der Waals surface area (Å²) in [5, 5.41) is 6.35. The van der Waals surface area contributed by atoms with Crippen molar-refractivity contribution in [1.29, 1.82) is 0 Å². The van der Waals surface area contributed by atoms with Crippen molar-refractivity contribution in [2.75, 3.05) is 19.8 Å². The third-order valence-corrected chi connectivity index (χ3v) is 9.91. The molecule has 0 radical (unpaired) electrons. The van der Waals surface area contributed by atoms with Gasteiger partial charge in [-0.05, 0) is 60.2 Å². The minimum atomic E-state index is -5.05. The van der Waals surface area contributed by atoms with E-state index in [-0.39, 0.29) is 57.4 Å². The highest BCUT2D eigenvalue weighted by Gasteiger charge is 2.53.